The zero-order chi connectivity index (χ0) is 13.0. The Morgan fingerprint density at radius 2 is 2.22 bits per heavy atom. The molecular formula is C14H23N3S. The van der Waals surface area contributed by atoms with E-state index in [-0.39, 0.29) is 0 Å². The van der Waals surface area contributed by atoms with E-state index in [1.807, 2.05) is 16.4 Å². The van der Waals surface area contributed by atoms with Gasteiger partial charge in [-0.1, -0.05) is 38.1 Å². The van der Waals surface area contributed by atoms with Crippen LogP contribution < -0.4 is 0 Å². The maximum atomic E-state index is 4.32. The van der Waals surface area contributed by atoms with Crippen molar-refractivity contribution in [2.75, 3.05) is 5.75 Å². The molecule has 4 heteroatoms. The molecule has 1 aliphatic carbocycles. The molecule has 1 aromatic rings. The van der Waals surface area contributed by atoms with Gasteiger partial charge >= 0.3 is 0 Å². The summed E-state index contributed by atoms with van der Waals surface area (Å²) in [5, 5.41) is 8.56. The van der Waals surface area contributed by atoms with Crippen LogP contribution in [-0.4, -0.2) is 25.5 Å². The molecule has 0 saturated carbocycles. The molecule has 2 rings (SSSR count). The predicted molar refractivity (Wildman–Crippen MR) is 78.0 cm³/mol. The van der Waals surface area contributed by atoms with E-state index in [0.29, 0.717) is 10.7 Å². The number of hydrogen-bond acceptors (Lipinski definition) is 3. The van der Waals surface area contributed by atoms with Crippen LogP contribution in [0.4, 0.5) is 0 Å². The van der Waals surface area contributed by atoms with Gasteiger partial charge in [0.2, 0.25) is 0 Å². The topological polar surface area (TPSA) is 30.7 Å². The normalized spacial score (nSPS) is 20.3. The Labute approximate surface area is 114 Å². The molecule has 3 nitrogen and oxygen atoms in total. The van der Waals surface area contributed by atoms with Crippen molar-refractivity contribution in [2.24, 2.45) is 0 Å². The molecule has 0 amide bonds. The summed E-state index contributed by atoms with van der Waals surface area (Å²) in [6.45, 7) is 7.70. The first-order valence-electron chi connectivity index (χ1n) is 6.73. The molecule has 1 atom stereocenters. The lowest BCUT2D eigenvalue weighted by molar-refractivity contribution is 0.597. The average molecular weight is 265 g/mol. The van der Waals surface area contributed by atoms with Crippen molar-refractivity contribution in [3.63, 3.8) is 0 Å². The molecule has 0 bridgehead atoms. The van der Waals surface area contributed by atoms with Gasteiger partial charge in [-0.2, -0.15) is 11.8 Å². The maximum absolute atomic E-state index is 4.32. The number of aryl methyl sites for hydroxylation is 1. The number of allylic oxidation sites excluding steroid dienone is 2. The van der Waals surface area contributed by atoms with E-state index < -0.39 is 0 Å². The van der Waals surface area contributed by atoms with Crippen LogP contribution in [0.15, 0.2) is 18.3 Å². The third kappa shape index (κ3) is 4.16. The minimum Gasteiger partial charge on any atom is -0.251 e. The van der Waals surface area contributed by atoms with Crippen molar-refractivity contribution in [3.05, 3.63) is 24.0 Å². The predicted octanol–water partition coefficient (Wildman–Crippen LogP) is 3.63. The van der Waals surface area contributed by atoms with E-state index in [0.717, 1.165) is 18.7 Å². The molecule has 0 aliphatic heterocycles. The van der Waals surface area contributed by atoms with Crippen LogP contribution in [-0.2, 0) is 6.54 Å². The van der Waals surface area contributed by atoms with Crippen LogP contribution in [0.5, 0.6) is 0 Å². The fourth-order valence-corrected chi connectivity index (χ4v) is 3.01. The van der Waals surface area contributed by atoms with Crippen LogP contribution >= 0.6 is 11.8 Å². The van der Waals surface area contributed by atoms with Crippen molar-refractivity contribution < 1.29 is 0 Å². The van der Waals surface area contributed by atoms with Crippen molar-refractivity contribution in [2.45, 2.75) is 57.2 Å². The first-order chi connectivity index (χ1) is 8.54. The van der Waals surface area contributed by atoms with E-state index in [9.17, 15) is 0 Å². The molecule has 1 aliphatic rings. The Kier molecular flexibility index (Phi) is 4.49. The van der Waals surface area contributed by atoms with Crippen LogP contribution in [0.1, 0.15) is 51.6 Å². The molecule has 1 unspecified atom stereocenters. The Morgan fingerprint density at radius 3 is 2.89 bits per heavy atom. The smallest absolute Gasteiger partial charge is 0.0861 e. The Balaban J connectivity index is 1.84. The van der Waals surface area contributed by atoms with Gasteiger partial charge in [0.25, 0.3) is 0 Å². The molecule has 0 saturated heterocycles. The average Bonchev–Trinajstić information content (AvgIpc) is 2.77. The molecule has 1 heterocycles. The highest BCUT2D eigenvalue weighted by Gasteiger charge is 2.16. The van der Waals surface area contributed by atoms with Crippen molar-refractivity contribution in [1.82, 2.24) is 15.0 Å². The van der Waals surface area contributed by atoms with Crippen molar-refractivity contribution in [3.8, 4) is 0 Å². The maximum Gasteiger partial charge on any atom is 0.0861 e. The summed E-state index contributed by atoms with van der Waals surface area (Å²) in [7, 11) is 0. The summed E-state index contributed by atoms with van der Waals surface area (Å²) in [4.78, 5) is 0. The van der Waals surface area contributed by atoms with Crippen LogP contribution in [0.3, 0.4) is 0 Å². The monoisotopic (exact) mass is 265 g/mol. The highest BCUT2D eigenvalue weighted by Crippen LogP contribution is 2.27. The number of aromatic nitrogens is 3. The van der Waals surface area contributed by atoms with Gasteiger partial charge in [0.05, 0.1) is 12.2 Å². The summed E-state index contributed by atoms with van der Waals surface area (Å²) in [6, 6.07) is 0. The van der Waals surface area contributed by atoms with Gasteiger partial charge in [0.1, 0.15) is 0 Å². The van der Waals surface area contributed by atoms with E-state index >= 15 is 0 Å². The lowest BCUT2D eigenvalue weighted by Crippen LogP contribution is -2.11. The van der Waals surface area contributed by atoms with Gasteiger partial charge in [-0.15, -0.1) is 5.10 Å². The number of nitrogens with zero attached hydrogens (tertiary/aromatic N) is 3. The Bertz CT molecular complexity index is 403. The standard InChI is InChI=1S/C14H23N3S/c1-14(2,3)18-10-9-17-11-13(15-16-17)12-7-5-4-6-8-12/h4-5,11-12H,6-10H2,1-3H3. The first-order valence-corrected chi connectivity index (χ1v) is 7.72. The number of rotatable bonds is 4. The number of thioether (sulfide) groups is 1. The Morgan fingerprint density at radius 1 is 1.39 bits per heavy atom. The zero-order valence-electron chi connectivity index (χ0n) is 11.6. The second-order valence-corrected chi connectivity index (χ2v) is 7.77. The van der Waals surface area contributed by atoms with Gasteiger partial charge in [-0.25, -0.2) is 0 Å². The van der Waals surface area contributed by atoms with E-state index in [2.05, 4.69) is 49.4 Å². The van der Waals surface area contributed by atoms with Gasteiger partial charge < -0.3 is 0 Å². The van der Waals surface area contributed by atoms with Gasteiger partial charge in [0.15, 0.2) is 0 Å². The first kappa shape index (κ1) is 13.7. The molecule has 0 N–H and O–H groups in total. The zero-order valence-corrected chi connectivity index (χ0v) is 12.4. The van der Waals surface area contributed by atoms with Crippen molar-refractivity contribution in [1.29, 1.82) is 0 Å². The second kappa shape index (κ2) is 5.91. The third-order valence-electron chi connectivity index (χ3n) is 3.10. The largest absolute Gasteiger partial charge is 0.251 e. The molecule has 18 heavy (non-hydrogen) atoms. The summed E-state index contributed by atoms with van der Waals surface area (Å²) >= 11 is 1.97. The van der Waals surface area contributed by atoms with E-state index in [1.165, 1.54) is 18.5 Å². The fourth-order valence-electron chi connectivity index (χ4n) is 2.12. The lowest BCUT2D eigenvalue weighted by Gasteiger charge is -2.17. The van der Waals surface area contributed by atoms with Crippen LogP contribution in [0.2, 0.25) is 0 Å². The molecule has 0 aromatic carbocycles. The molecule has 100 valence electrons. The molecule has 0 fully saturated rings. The summed E-state index contributed by atoms with van der Waals surface area (Å²) in [6.07, 6.45) is 10.2. The molecule has 0 radical (unpaired) electrons. The minimum atomic E-state index is 0.331. The SMILES string of the molecule is CC(C)(C)SCCn1cc(C2CC=CCC2)nn1. The quantitative estimate of drug-likeness (QED) is 0.779. The van der Waals surface area contributed by atoms with E-state index in [1.54, 1.807) is 0 Å². The highest BCUT2D eigenvalue weighted by atomic mass is 32.2. The number of hydrogen-bond donors (Lipinski definition) is 0. The third-order valence-corrected chi connectivity index (χ3v) is 4.35. The molecule has 0 spiro atoms. The summed E-state index contributed by atoms with van der Waals surface area (Å²) in [5.74, 6) is 1.68. The van der Waals surface area contributed by atoms with E-state index in [4.69, 9.17) is 0 Å². The highest BCUT2D eigenvalue weighted by molar-refractivity contribution is 8.00. The van der Waals surface area contributed by atoms with Crippen LogP contribution in [0, 0.1) is 0 Å². The van der Waals surface area contributed by atoms with Crippen molar-refractivity contribution >= 4 is 11.8 Å². The molecule has 1 aromatic heterocycles. The summed E-state index contributed by atoms with van der Waals surface area (Å²) < 4.78 is 2.32. The molecular weight excluding hydrogens is 242 g/mol. The van der Waals surface area contributed by atoms with Gasteiger partial charge in [0, 0.05) is 22.6 Å². The Hall–Kier alpha value is -0.770. The van der Waals surface area contributed by atoms with Gasteiger partial charge in [-0.3, -0.25) is 4.68 Å². The fraction of sp³-hybridized carbons (Fsp3) is 0.714. The van der Waals surface area contributed by atoms with Crippen LogP contribution in [0.25, 0.3) is 0 Å². The minimum absolute atomic E-state index is 0.331. The second-order valence-electron chi connectivity index (χ2n) is 5.85. The lowest BCUT2D eigenvalue weighted by atomic mass is 9.92. The van der Waals surface area contributed by atoms with Gasteiger partial charge in [-0.05, 0) is 19.3 Å². The summed E-state index contributed by atoms with van der Waals surface area (Å²) in [5.41, 5.74) is 1.17.